The molecule has 0 atom stereocenters. The monoisotopic (exact) mass is 351 g/mol. The quantitative estimate of drug-likeness (QED) is 0.866. The summed E-state index contributed by atoms with van der Waals surface area (Å²) in [6.07, 6.45) is 1.08. The minimum atomic E-state index is -3.46. The van der Waals surface area contributed by atoms with E-state index >= 15 is 0 Å². The molecule has 2 N–H and O–H groups in total. The molecule has 0 saturated carbocycles. The lowest BCUT2D eigenvalue weighted by atomic mass is 9.72. The predicted molar refractivity (Wildman–Crippen MR) is 94.0 cm³/mol. The molecule has 24 heavy (non-hydrogen) atoms. The molecule has 1 aromatic heterocycles. The molecule has 2 rings (SSSR count). The molecule has 1 aromatic carbocycles. The third-order valence-electron chi connectivity index (χ3n) is 3.74. The molecule has 0 fully saturated rings. The number of H-pyrrole nitrogens is 1. The Morgan fingerprint density at radius 3 is 1.96 bits per heavy atom. The van der Waals surface area contributed by atoms with Gasteiger partial charge in [0, 0.05) is 17.4 Å². The number of nitrogens with one attached hydrogen (secondary N) is 1. The number of hydrogen-bond acceptors (Lipinski definition) is 5. The van der Waals surface area contributed by atoms with E-state index in [0.717, 1.165) is 22.9 Å². The van der Waals surface area contributed by atoms with Gasteiger partial charge >= 0.3 is 0 Å². The maximum absolute atomic E-state index is 11.7. The highest BCUT2D eigenvalue weighted by Crippen LogP contribution is 2.43. The summed E-state index contributed by atoms with van der Waals surface area (Å²) < 4.78 is 23.3. The van der Waals surface area contributed by atoms with Crippen molar-refractivity contribution in [1.29, 1.82) is 0 Å². The molecule has 0 aliphatic rings. The van der Waals surface area contributed by atoms with Gasteiger partial charge < -0.3 is 5.11 Å². The number of rotatable bonds is 2. The second-order valence-electron chi connectivity index (χ2n) is 8.12. The van der Waals surface area contributed by atoms with Crippen LogP contribution in [-0.2, 0) is 20.7 Å². The first-order valence-corrected chi connectivity index (χ1v) is 9.62. The first kappa shape index (κ1) is 18.4. The number of phenolic OH excluding ortho intramolecular Hbond substituents is 1. The van der Waals surface area contributed by atoms with Crippen LogP contribution in [0.3, 0.4) is 0 Å². The van der Waals surface area contributed by atoms with Crippen molar-refractivity contribution in [1.82, 2.24) is 15.2 Å². The molecule has 0 saturated heterocycles. The number of aromatic amines is 1. The number of benzene rings is 1. The van der Waals surface area contributed by atoms with Crippen LogP contribution in [0.1, 0.15) is 52.7 Å². The van der Waals surface area contributed by atoms with E-state index in [4.69, 9.17) is 0 Å². The van der Waals surface area contributed by atoms with Gasteiger partial charge in [0.05, 0.1) is 0 Å². The van der Waals surface area contributed by atoms with E-state index in [0.29, 0.717) is 5.82 Å². The normalized spacial score (nSPS) is 13.3. The molecule has 0 radical (unpaired) electrons. The van der Waals surface area contributed by atoms with Gasteiger partial charge in [-0.15, -0.1) is 0 Å². The second-order valence-corrected chi connectivity index (χ2v) is 10.0. The summed E-state index contributed by atoms with van der Waals surface area (Å²) in [6.45, 7) is 12.2. The number of aromatic hydroxyl groups is 1. The molecule has 0 unspecified atom stereocenters. The highest BCUT2D eigenvalue weighted by Gasteiger charge is 2.32. The lowest BCUT2D eigenvalue weighted by Gasteiger charge is -2.32. The summed E-state index contributed by atoms with van der Waals surface area (Å²) in [5.41, 5.74) is 1.87. The Morgan fingerprint density at radius 1 is 1.00 bits per heavy atom. The third-order valence-corrected chi connectivity index (χ3v) is 4.63. The Kier molecular flexibility index (Phi) is 4.29. The fourth-order valence-electron chi connectivity index (χ4n) is 2.85. The Balaban J connectivity index is 2.83. The summed E-state index contributed by atoms with van der Waals surface area (Å²) in [5.74, 6) is 0.529. The van der Waals surface area contributed by atoms with Crippen molar-refractivity contribution in [2.24, 2.45) is 0 Å². The largest absolute Gasteiger partial charge is 0.508 e. The number of nitrogens with zero attached hydrogens (tertiary/aromatic N) is 2. The zero-order chi connectivity index (χ0) is 18.5. The van der Waals surface area contributed by atoms with Crippen molar-refractivity contribution >= 4 is 9.84 Å². The topological polar surface area (TPSA) is 95.9 Å². The van der Waals surface area contributed by atoms with Crippen LogP contribution in [0.2, 0.25) is 0 Å². The number of hydrogen-bond donors (Lipinski definition) is 2. The standard InChI is InChI=1S/C17H25N3O3S/c1-16(2,3)12-10(8-9-11(21)13(12)17(4,5)6)14-18-15(20-19-14)24(7,22)23/h8-9,21H,1-7H3,(H,18,19,20). The van der Waals surface area contributed by atoms with E-state index in [1.807, 2.05) is 41.5 Å². The molecular weight excluding hydrogens is 326 g/mol. The molecule has 1 heterocycles. The van der Waals surface area contributed by atoms with Crippen LogP contribution >= 0.6 is 0 Å². The van der Waals surface area contributed by atoms with Crippen LogP contribution in [0, 0.1) is 0 Å². The van der Waals surface area contributed by atoms with E-state index < -0.39 is 9.84 Å². The van der Waals surface area contributed by atoms with Gasteiger partial charge in [-0.25, -0.2) is 13.5 Å². The van der Waals surface area contributed by atoms with Crippen LogP contribution in [0.15, 0.2) is 17.3 Å². The molecular formula is C17H25N3O3S. The summed E-state index contributed by atoms with van der Waals surface area (Å²) >= 11 is 0. The molecule has 132 valence electrons. The van der Waals surface area contributed by atoms with Crippen LogP contribution in [0.25, 0.3) is 11.4 Å². The first-order valence-electron chi connectivity index (χ1n) is 7.72. The smallest absolute Gasteiger partial charge is 0.243 e. The molecule has 0 bridgehead atoms. The van der Waals surface area contributed by atoms with Crippen molar-refractivity contribution in [3.63, 3.8) is 0 Å². The van der Waals surface area contributed by atoms with Crippen LogP contribution < -0.4 is 0 Å². The Morgan fingerprint density at radius 2 is 1.54 bits per heavy atom. The number of phenols is 1. The van der Waals surface area contributed by atoms with E-state index in [1.54, 1.807) is 12.1 Å². The van der Waals surface area contributed by atoms with Gasteiger partial charge in [0.1, 0.15) is 5.75 Å². The average molecular weight is 351 g/mol. The Labute approximate surface area is 143 Å². The molecule has 0 aliphatic carbocycles. The highest BCUT2D eigenvalue weighted by atomic mass is 32.2. The average Bonchev–Trinajstić information content (AvgIpc) is 2.84. The minimum absolute atomic E-state index is 0.164. The van der Waals surface area contributed by atoms with Crippen molar-refractivity contribution in [3.8, 4) is 17.1 Å². The summed E-state index contributed by atoms with van der Waals surface area (Å²) in [6, 6.07) is 3.35. The lowest BCUT2D eigenvalue weighted by Crippen LogP contribution is -2.23. The summed E-state index contributed by atoms with van der Waals surface area (Å²) in [5, 5.41) is 16.9. The molecule has 0 aliphatic heterocycles. The van der Waals surface area contributed by atoms with Crippen molar-refractivity contribution in [3.05, 3.63) is 23.3 Å². The van der Waals surface area contributed by atoms with E-state index in [1.165, 1.54) is 0 Å². The van der Waals surface area contributed by atoms with Gasteiger partial charge in [-0.1, -0.05) is 41.5 Å². The summed E-state index contributed by atoms with van der Waals surface area (Å²) in [7, 11) is -3.46. The van der Waals surface area contributed by atoms with E-state index in [9.17, 15) is 13.5 Å². The fourth-order valence-corrected chi connectivity index (χ4v) is 3.31. The van der Waals surface area contributed by atoms with Gasteiger partial charge in [-0.3, -0.25) is 0 Å². The minimum Gasteiger partial charge on any atom is -0.508 e. The predicted octanol–water partition coefficient (Wildman–Crippen LogP) is 3.18. The molecule has 7 heteroatoms. The molecule has 2 aromatic rings. The van der Waals surface area contributed by atoms with Gasteiger partial charge in [-0.2, -0.15) is 10.1 Å². The van der Waals surface area contributed by atoms with Gasteiger partial charge in [-0.05, 0) is 28.5 Å². The fraction of sp³-hybridized carbons (Fsp3) is 0.529. The zero-order valence-corrected chi connectivity index (χ0v) is 16.0. The van der Waals surface area contributed by atoms with Crippen LogP contribution in [0.4, 0.5) is 0 Å². The Bertz CT molecular complexity index is 869. The first-order chi connectivity index (χ1) is 10.7. The van der Waals surface area contributed by atoms with Crippen molar-refractivity contribution < 1.29 is 13.5 Å². The van der Waals surface area contributed by atoms with Crippen LogP contribution in [0.5, 0.6) is 5.75 Å². The lowest BCUT2D eigenvalue weighted by molar-refractivity contribution is 0.436. The molecule has 0 amide bonds. The SMILES string of the molecule is CC(C)(C)c1c(O)ccc(-c2n[nH]c(S(C)(=O)=O)n2)c1C(C)(C)C. The Hall–Kier alpha value is -1.89. The molecule has 6 nitrogen and oxygen atoms in total. The maximum Gasteiger partial charge on any atom is 0.243 e. The van der Waals surface area contributed by atoms with Gasteiger partial charge in [0.25, 0.3) is 0 Å². The molecule has 0 spiro atoms. The second kappa shape index (κ2) is 5.58. The maximum atomic E-state index is 11.7. The van der Waals surface area contributed by atoms with Gasteiger partial charge in [0.15, 0.2) is 5.82 Å². The van der Waals surface area contributed by atoms with Gasteiger partial charge in [0.2, 0.25) is 15.0 Å². The van der Waals surface area contributed by atoms with E-state index in [2.05, 4.69) is 15.2 Å². The highest BCUT2D eigenvalue weighted by molar-refractivity contribution is 7.90. The number of aromatic nitrogens is 3. The summed E-state index contributed by atoms with van der Waals surface area (Å²) in [4.78, 5) is 4.14. The van der Waals surface area contributed by atoms with Crippen molar-refractivity contribution in [2.75, 3.05) is 6.26 Å². The van der Waals surface area contributed by atoms with E-state index in [-0.39, 0.29) is 21.7 Å². The number of sulfone groups is 1. The zero-order valence-electron chi connectivity index (χ0n) is 15.2. The van der Waals surface area contributed by atoms with Crippen LogP contribution in [-0.4, -0.2) is 35.0 Å². The third kappa shape index (κ3) is 3.45. The van der Waals surface area contributed by atoms with Crippen molar-refractivity contribution in [2.45, 2.75) is 57.5 Å².